The second-order valence-electron chi connectivity index (χ2n) is 4.98. The number of hydrogen-bond acceptors (Lipinski definition) is 4. The number of nitriles is 1. The lowest BCUT2D eigenvalue weighted by atomic mass is 10.1. The Morgan fingerprint density at radius 1 is 1.19 bits per heavy atom. The highest BCUT2D eigenvalue weighted by Gasteiger charge is 2.23. The van der Waals surface area contributed by atoms with E-state index < -0.39 is 6.10 Å². The number of benzene rings is 2. The molecule has 3 nitrogen and oxygen atoms in total. The molecule has 0 spiro atoms. The number of hydrogen-bond donors (Lipinski definition) is 1. The zero-order chi connectivity index (χ0) is 14.8. The fourth-order valence-corrected chi connectivity index (χ4v) is 3.70. The van der Waals surface area contributed by atoms with Gasteiger partial charge in [0.2, 0.25) is 0 Å². The predicted octanol–water partition coefficient (Wildman–Crippen LogP) is 4.26. The average molecular weight is 296 g/mol. The van der Waals surface area contributed by atoms with Gasteiger partial charge < -0.3 is 10.0 Å². The summed E-state index contributed by atoms with van der Waals surface area (Å²) in [6, 6.07) is 16.0. The van der Waals surface area contributed by atoms with Gasteiger partial charge in [0, 0.05) is 16.3 Å². The predicted molar refractivity (Wildman–Crippen MR) is 84.9 cm³/mol. The molecule has 106 valence electrons. The van der Waals surface area contributed by atoms with Gasteiger partial charge in [-0.15, -0.1) is 0 Å². The first kappa shape index (κ1) is 14.0. The number of anilines is 2. The van der Waals surface area contributed by atoms with Crippen molar-refractivity contribution in [1.82, 2.24) is 0 Å². The molecule has 2 aromatic carbocycles. The highest BCUT2D eigenvalue weighted by Crippen LogP contribution is 2.48. The van der Waals surface area contributed by atoms with Crippen molar-refractivity contribution < 1.29 is 5.11 Å². The lowest BCUT2D eigenvalue weighted by molar-refractivity contribution is 0.235. The van der Waals surface area contributed by atoms with Gasteiger partial charge in [0.1, 0.15) is 0 Å². The van der Waals surface area contributed by atoms with Gasteiger partial charge in [0.25, 0.3) is 0 Å². The molecular weight excluding hydrogens is 280 g/mol. The Labute approximate surface area is 128 Å². The first-order valence-corrected chi connectivity index (χ1v) is 7.82. The normalized spacial score (nSPS) is 14.0. The smallest absolute Gasteiger partial charge is 0.165 e. The monoisotopic (exact) mass is 296 g/mol. The zero-order valence-corrected chi connectivity index (χ0v) is 12.6. The van der Waals surface area contributed by atoms with E-state index in [1.165, 1.54) is 10.6 Å². The van der Waals surface area contributed by atoms with Crippen LogP contribution >= 0.6 is 11.8 Å². The van der Waals surface area contributed by atoms with E-state index in [1.54, 1.807) is 11.8 Å². The molecule has 1 heterocycles. The Hall–Kier alpha value is -1.96. The molecule has 0 fully saturated rings. The van der Waals surface area contributed by atoms with Crippen molar-refractivity contribution in [2.45, 2.75) is 29.2 Å². The maximum Gasteiger partial charge on any atom is 0.165 e. The van der Waals surface area contributed by atoms with E-state index >= 15 is 0 Å². The van der Waals surface area contributed by atoms with Crippen molar-refractivity contribution in [2.24, 2.45) is 0 Å². The van der Waals surface area contributed by atoms with Gasteiger partial charge in [-0.1, -0.05) is 36.9 Å². The zero-order valence-electron chi connectivity index (χ0n) is 11.8. The summed E-state index contributed by atoms with van der Waals surface area (Å²) in [5.41, 5.74) is 3.03. The van der Waals surface area contributed by atoms with Crippen LogP contribution in [-0.4, -0.2) is 11.7 Å². The van der Waals surface area contributed by atoms with Gasteiger partial charge in [-0.25, -0.2) is 0 Å². The van der Waals surface area contributed by atoms with Crippen LogP contribution in [0, 0.1) is 11.3 Å². The van der Waals surface area contributed by atoms with Crippen LogP contribution in [-0.2, 0) is 0 Å². The molecule has 2 aromatic rings. The Bertz CT molecular complexity index is 708. The molecule has 3 rings (SSSR count). The average Bonchev–Trinajstić information content (AvgIpc) is 2.53. The summed E-state index contributed by atoms with van der Waals surface area (Å²) in [5, 5.41) is 18.6. The van der Waals surface area contributed by atoms with Gasteiger partial charge in [0.05, 0.1) is 17.4 Å². The molecule has 1 N–H and O–H groups in total. The molecule has 0 aromatic heterocycles. The second kappa shape index (κ2) is 5.80. The van der Waals surface area contributed by atoms with Crippen LogP contribution in [0.5, 0.6) is 0 Å². The SMILES string of the molecule is CCCN1c2ccccc2Sc2cc([C@H](O)C#N)ccc21. The van der Waals surface area contributed by atoms with Crippen LogP contribution in [0.1, 0.15) is 25.0 Å². The minimum Gasteiger partial charge on any atom is -0.374 e. The highest BCUT2D eigenvalue weighted by atomic mass is 32.2. The molecule has 1 aliphatic rings. The highest BCUT2D eigenvalue weighted by molar-refractivity contribution is 7.99. The molecule has 4 heteroatoms. The van der Waals surface area contributed by atoms with Gasteiger partial charge >= 0.3 is 0 Å². The number of rotatable bonds is 3. The fraction of sp³-hybridized carbons (Fsp3) is 0.235. The largest absolute Gasteiger partial charge is 0.374 e. The van der Waals surface area contributed by atoms with E-state index in [4.69, 9.17) is 5.26 Å². The summed E-state index contributed by atoms with van der Waals surface area (Å²) in [6.45, 7) is 3.11. The first-order valence-electron chi connectivity index (χ1n) is 7.00. The van der Waals surface area contributed by atoms with E-state index in [9.17, 15) is 5.11 Å². The molecule has 0 amide bonds. The third-order valence-electron chi connectivity index (χ3n) is 3.54. The van der Waals surface area contributed by atoms with Gasteiger partial charge in [-0.2, -0.15) is 5.26 Å². The number of para-hydroxylation sites is 1. The number of aliphatic hydroxyl groups excluding tert-OH is 1. The van der Waals surface area contributed by atoms with E-state index in [1.807, 2.05) is 30.3 Å². The maximum absolute atomic E-state index is 9.71. The molecule has 0 bridgehead atoms. The van der Waals surface area contributed by atoms with E-state index in [0.29, 0.717) is 5.56 Å². The number of fused-ring (bicyclic) bond motifs is 2. The van der Waals surface area contributed by atoms with Crippen LogP contribution < -0.4 is 4.90 Å². The van der Waals surface area contributed by atoms with Crippen molar-refractivity contribution in [1.29, 1.82) is 5.26 Å². The molecule has 0 saturated heterocycles. The molecule has 21 heavy (non-hydrogen) atoms. The van der Waals surface area contributed by atoms with E-state index in [-0.39, 0.29) is 0 Å². The molecule has 0 radical (unpaired) electrons. The second-order valence-corrected chi connectivity index (χ2v) is 6.06. The van der Waals surface area contributed by atoms with Crippen LogP contribution in [0.4, 0.5) is 11.4 Å². The lowest BCUT2D eigenvalue weighted by Gasteiger charge is -2.32. The summed E-state index contributed by atoms with van der Waals surface area (Å²) >= 11 is 1.69. The standard InChI is InChI=1S/C17H16N2OS/c1-2-9-19-13-5-3-4-6-16(13)21-17-10-12(15(20)11-18)7-8-14(17)19/h3-8,10,15,20H,2,9H2,1H3/t15-/m1/s1. The van der Waals surface area contributed by atoms with Gasteiger partial charge in [-0.3, -0.25) is 0 Å². The van der Waals surface area contributed by atoms with Gasteiger partial charge in [0.15, 0.2) is 6.10 Å². The van der Waals surface area contributed by atoms with Gasteiger partial charge in [-0.05, 0) is 36.2 Å². The minimum absolute atomic E-state index is 0.652. The lowest BCUT2D eigenvalue weighted by Crippen LogP contribution is -2.21. The molecular formula is C17H16N2OS. The molecule has 1 aliphatic heterocycles. The summed E-state index contributed by atoms with van der Waals surface area (Å²) in [6.07, 6.45) is -0.00576. The van der Waals surface area contributed by atoms with Crippen LogP contribution in [0.15, 0.2) is 52.3 Å². The molecule has 1 atom stereocenters. The van der Waals surface area contributed by atoms with Crippen molar-refractivity contribution in [3.8, 4) is 6.07 Å². The quantitative estimate of drug-likeness (QED) is 0.860. The molecule has 0 unspecified atom stereocenters. The maximum atomic E-state index is 9.71. The minimum atomic E-state index is -1.06. The van der Waals surface area contributed by atoms with E-state index in [2.05, 4.69) is 30.0 Å². The first-order chi connectivity index (χ1) is 10.2. The van der Waals surface area contributed by atoms with Crippen molar-refractivity contribution in [2.75, 3.05) is 11.4 Å². The Morgan fingerprint density at radius 2 is 1.95 bits per heavy atom. The summed E-state index contributed by atoms with van der Waals surface area (Å²) in [7, 11) is 0. The summed E-state index contributed by atoms with van der Waals surface area (Å²) in [5.74, 6) is 0. The third-order valence-corrected chi connectivity index (χ3v) is 4.65. The molecule has 0 saturated carbocycles. The number of nitrogens with zero attached hydrogens (tertiary/aromatic N) is 2. The Balaban J connectivity index is 2.08. The summed E-state index contributed by atoms with van der Waals surface area (Å²) < 4.78 is 0. The van der Waals surface area contributed by atoms with Crippen LogP contribution in [0.25, 0.3) is 0 Å². The topological polar surface area (TPSA) is 47.3 Å². The van der Waals surface area contributed by atoms with Crippen LogP contribution in [0.3, 0.4) is 0 Å². The van der Waals surface area contributed by atoms with Crippen molar-refractivity contribution >= 4 is 23.1 Å². The van der Waals surface area contributed by atoms with Crippen LogP contribution in [0.2, 0.25) is 0 Å². The Kier molecular flexibility index (Phi) is 3.87. The third kappa shape index (κ3) is 2.51. The van der Waals surface area contributed by atoms with Crippen molar-refractivity contribution in [3.63, 3.8) is 0 Å². The van der Waals surface area contributed by atoms with E-state index in [0.717, 1.165) is 23.5 Å². The summed E-state index contributed by atoms with van der Waals surface area (Å²) in [4.78, 5) is 4.61. The fourth-order valence-electron chi connectivity index (χ4n) is 2.56. The van der Waals surface area contributed by atoms with Crippen molar-refractivity contribution in [3.05, 3.63) is 48.0 Å². The molecule has 0 aliphatic carbocycles. The Morgan fingerprint density at radius 3 is 2.71 bits per heavy atom. The number of aliphatic hydroxyl groups is 1.